The Hall–Kier alpha value is -1.76. The third kappa shape index (κ3) is 2.05. The fourth-order valence-electron chi connectivity index (χ4n) is 2.02. The van der Waals surface area contributed by atoms with Gasteiger partial charge in [-0.1, -0.05) is 0 Å². The molecule has 7 heteroatoms. The maximum absolute atomic E-state index is 5.38. The average Bonchev–Trinajstić information content (AvgIpc) is 2.99. The first kappa shape index (κ1) is 10.4. The summed E-state index contributed by atoms with van der Waals surface area (Å²) < 4.78 is 6.79. The van der Waals surface area contributed by atoms with Crippen LogP contribution >= 0.6 is 0 Å². The fourth-order valence-corrected chi connectivity index (χ4v) is 2.02. The monoisotopic (exact) mass is 234 g/mol. The van der Waals surface area contributed by atoms with Gasteiger partial charge in [0.1, 0.15) is 5.82 Å². The summed E-state index contributed by atoms with van der Waals surface area (Å²) >= 11 is 0. The molecule has 0 saturated carbocycles. The third-order valence-electron chi connectivity index (χ3n) is 3.12. The van der Waals surface area contributed by atoms with Crippen molar-refractivity contribution in [2.24, 2.45) is 5.92 Å². The highest BCUT2D eigenvalue weighted by Crippen LogP contribution is 2.19. The SMILES string of the molecule is CC(Nc1ccc2nnnn2n1)C1CCOC1. The van der Waals surface area contributed by atoms with Gasteiger partial charge in [-0.25, -0.2) is 0 Å². The van der Waals surface area contributed by atoms with Crippen LogP contribution in [0.4, 0.5) is 5.82 Å². The summed E-state index contributed by atoms with van der Waals surface area (Å²) in [6.45, 7) is 3.82. The van der Waals surface area contributed by atoms with Crippen LogP contribution in [0.15, 0.2) is 12.1 Å². The first-order valence-corrected chi connectivity index (χ1v) is 5.72. The quantitative estimate of drug-likeness (QED) is 0.826. The standard InChI is InChI=1S/C10H14N6O/c1-7(8-4-5-17-6-8)11-9-2-3-10-12-14-15-16(10)13-9/h2-3,7-8H,4-6H2,1H3,(H,11,13). The zero-order chi connectivity index (χ0) is 11.7. The molecule has 2 unspecified atom stereocenters. The van der Waals surface area contributed by atoms with Gasteiger partial charge in [0.05, 0.1) is 6.61 Å². The molecule has 0 amide bonds. The van der Waals surface area contributed by atoms with Crippen LogP contribution in [0.25, 0.3) is 5.65 Å². The van der Waals surface area contributed by atoms with Gasteiger partial charge in [-0.05, 0) is 35.9 Å². The van der Waals surface area contributed by atoms with Crippen molar-refractivity contribution in [3.05, 3.63) is 12.1 Å². The van der Waals surface area contributed by atoms with E-state index in [-0.39, 0.29) is 0 Å². The molecule has 0 radical (unpaired) electrons. The van der Waals surface area contributed by atoms with Crippen molar-refractivity contribution >= 4 is 11.5 Å². The minimum absolute atomic E-state index is 0.332. The molecule has 3 heterocycles. The summed E-state index contributed by atoms with van der Waals surface area (Å²) in [6.07, 6.45) is 1.10. The lowest BCUT2D eigenvalue weighted by atomic mass is 10.0. The Labute approximate surface area is 98.1 Å². The second-order valence-corrected chi connectivity index (χ2v) is 4.30. The summed E-state index contributed by atoms with van der Waals surface area (Å²) in [7, 11) is 0. The summed E-state index contributed by atoms with van der Waals surface area (Å²) in [5.41, 5.74) is 0.646. The van der Waals surface area contributed by atoms with E-state index in [0.717, 1.165) is 25.5 Å². The molecule has 1 saturated heterocycles. The van der Waals surface area contributed by atoms with Crippen LogP contribution < -0.4 is 5.32 Å². The van der Waals surface area contributed by atoms with Gasteiger partial charge >= 0.3 is 0 Å². The smallest absolute Gasteiger partial charge is 0.200 e. The Bertz CT molecular complexity index is 506. The highest BCUT2D eigenvalue weighted by molar-refractivity contribution is 5.42. The molecule has 0 aliphatic carbocycles. The van der Waals surface area contributed by atoms with E-state index in [0.29, 0.717) is 17.6 Å². The van der Waals surface area contributed by atoms with Gasteiger partial charge in [0.25, 0.3) is 0 Å². The summed E-state index contributed by atoms with van der Waals surface area (Å²) in [4.78, 5) is 0. The van der Waals surface area contributed by atoms with E-state index < -0.39 is 0 Å². The molecule has 2 aromatic heterocycles. The molecular weight excluding hydrogens is 220 g/mol. The lowest BCUT2D eigenvalue weighted by Crippen LogP contribution is -2.26. The summed E-state index contributed by atoms with van der Waals surface area (Å²) in [5, 5.41) is 18.8. The van der Waals surface area contributed by atoms with Crippen LogP contribution in [0.1, 0.15) is 13.3 Å². The Morgan fingerprint density at radius 3 is 3.29 bits per heavy atom. The summed E-state index contributed by atoms with van der Waals surface area (Å²) in [6, 6.07) is 4.06. The van der Waals surface area contributed by atoms with Gasteiger partial charge in [0.15, 0.2) is 5.65 Å². The minimum atomic E-state index is 0.332. The first-order chi connectivity index (χ1) is 8.33. The predicted octanol–water partition coefficient (Wildman–Crippen LogP) is 0.356. The Morgan fingerprint density at radius 2 is 2.47 bits per heavy atom. The van der Waals surface area contributed by atoms with Gasteiger partial charge in [0, 0.05) is 18.6 Å². The van der Waals surface area contributed by atoms with Gasteiger partial charge in [-0.2, -0.15) is 0 Å². The fraction of sp³-hybridized carbons (Fsp3) is 0.600. The highest BCUT2D eigenvalue weighted by atomic mass is 16.5. The molecule has 1 N–H and O–H groups in total. The Kier molecular flexibility index (Phi) is 2.60. The van der Waals surface area contributed by atoms with Gasteiger partial charge in [-0.3, -0.25) is 0 Å². The number of fused-ring (bicyclic) bond motifs is 1. The predicted molar refractivity (Wildman–Crippen MR) is 60.6 cm³/mol. The minimum Gasteiger partial charge on any atom is -0.381 e. The highest BCUT2D eigenvalue weighted by Gasteiger charge is 2.22. The molecule has 1 aliphatic heterocycles. The summed E-state index contributed by atoms with van der Waals surface area (Å²) in [5.74, 6) is 1.32. The molecular formula is C10H14N6O. The van der Waals surface area contributed by atoms with Crippen LogP contribution in [-0.2, 0) is 4.74 Å². The molecule has 2 atom stereocenters. The van der Waals surface area contributed by atoms with Crippen molar-refractivity contribution in [3.63, 3.8) is 0 Å². The van der Waals surface area contributed by atoms with Crippen molar-refractivity contribution in [2.45, 2.75) is 19.4 Å². The number of hydrogen-bond donors (Lipinski definition) is 1. The lowest BCUT2D eigenvalue weighted by molar-refractivity contribution is 0.183. The lowest BCUT2D eigenvalue weighted by Gasteiger charge is -2.19. The molecule has 0 aromatic carbocycles. The Morgan fingerprint density at radius 1 is 1.53 bits per heavy atom. The van der Waals surface area contributed by atoms with Gasteiger partial charge in [-0.15, -0.1) is 14.8 Å². The van der Waals surface area contributed by atoms with Gasteiger partial charge < -0.3 is 10.1 Å². The van der Waals surface area contributed by atoms with Crippen LogP contribution in [0.2, 0.25) is 0 Å². The zero-order valence-corrected chi connectivity index (χ0v) is 9.58. The number of anilines is 1. The number of nitrogens with zero attached hydrogens (tertiary/aromatic N) is 5. The van der Waals surface area contributed by atoms with E-state index in [4.69, 9.17) is 4.74 Å². The molecule has 0 spiro atoms. The van der Waals surface area contributed by atoms with Crippen LogP contribution in [0.5, 0.6) is 0 Å². The maximum Gasteiger partial charge on any atom is 0.200 e. The number of aromatic nitrogens is 5. The zero-order valence-electron chi connectivity index (χ0n) is 9.58. The molecule has 0 bridgehead atoms. The molecule has 1 fully saturated rings. The van der Waals surface area contributed by atoms with Crippen molar-refractivity contribution < 1.29 is 4.74 Å². The number of hydrogen-bond acceptors (Lipinski definition) is 6. The topological polar surface area (TPSA) is 77.2 Å². The maximum atomic E-state index is 5.38. The van der Waals surface area contributed by atoms with Crippen molar-refractivity contribution in [1.82, 2.24) is 25.3 Å². The van der Waals surface area contributed by atoms with E-state index in [2.05, 4.69) is 32.9 Å². The molecule has 90 valence electrons. The second kappa shape index (κ2) is 4.25. The normalized spacial score (nSPS) is 21.8. The molecule has 1 aliphatic rings. The van der Waals surface area contributed by atoms with Crippen molar-refractivity contribution in [2.75, 3.05) is 18.5 Å². The Balaban J connectivity index is 1.74. The second-order valence-electron chi connectivity index (χ2n) is 4.30. The van der Waals surface area contributed by atoms with E-state index in [9.17, 15) is 0 Å². The molecule has 2 aromatic rings. The number of ether oxygens (including phenoxy) is 1. The van der Waals surface area contributed by atoms with Crippen LogP contribution in [0, 0.1) is 5.92 Å². The van der Waals surface area contributed by atoms with Gasteiger partial charge in [0.2, 0.25) is 0 Å². The van der Waals surface area contributed by atoms with Crippen molar-refractivity contribution in [1.29, 1.82) is 0 Å². The molecule has 3 rings (SSSR count). The largest absolute Gasteiger partial charge is 0.381 e. The molecule has 7 nitrogen and oxygen atoms in total. The van der Waals surface area contributed by atoms with E-state index in [1.807, 2.05) is 12.1 Å². The third-order valence-corrected chi connectivity index (χ3v) is 3.12. The van der Waals surface area contributed by atoms with Crippen molar-refractivity contribution in [3.8, 4) is 0 Å². The number of tetrazole rings is 1. The van der Waals surface area contributed by atoms with E-state index in [1.165, 1.54) is 4.63 Å². The first-order valence-electron chi connectivity index (χ1n) is 5.72. The number of nitrogens with one attached hydrogen (secondary N) is 1. The van der Waals surface area contributed by atoms with E-state index >= 15 is 0 Å². The van der Waals surface area contributed by atoms with Crippen LogP contribution in [-0.4, -0.2) is 44.5 Å². The molecule has 17 heavy (non-hydrogen) atoms. The average molecular weight is 234 g/mol. The number of rotatable bonds is 3. The van der Waals surface area contributed by atoms with Crippen LogP contribution in [0.3, 0.4) is 0 Å². The van der Waals surface area contributed by atoms with E-state index in [1.54, 1.807) is 0 Å².